The van der Waals surface area contributed by atoms with Crippen LogP contribution < -0.4 is 11.1 Å². The Balaban J connectivity index is 2.86. The van der Waals surface area contributed by atoms with Crippen LogP contribution in [0.5, 0.6) is 0 Å². The minimum absolute atomic E-state index is 0.204. The Bertz CT molecular complexity index is 391. The molecule has 1 aromatic rings. The predicted octanol–water partition coefficient (Wildman–Crippen LogP) is 2.55. The molecule has 16 heavy (non-hydrogen) atoms. The third kappa shape index (κ3) is 3.57. The number of primary amides is 1. The zero-order valence-electron chi connectivity index (χ0n) is 10.4. The van der Waals surface area contributed by atoms with Crippen molar-refractivity contribution in [2.24, 2.45) is 11.1 Å². The molecule has 1 aromatic carbocycles. The van der Waals surface area contributed by atoms with Crippen LogP contribution in [0.25, 0.3) is 0 Å². The van der Waals surface area contributed by atoms with Gasteiger partial charge < -0.3 is 11.1 Å². The maximum absolute atomic E-state index is 11.1. The highest BCUT2D eigenvalue weighted by molar-refractivity contribution is 5.94. The molecule has 0 aromatic heterocycles. The van der Waals surface area contributed by atoms with E-state index in [2.05, 4.69) is 26.1 Å². The van der Waals surface area contributed by atoms with Crippen LogP contribution in [-0.4, -0.2) is 12.5 Å². The first-order chi connectivity index (χ1) is 7.29. The fourth-order valence-corrected chi connectivity index (χ4v) is 1.33. The van der Waals surface area contributed by atoms with Gasteiger partial charge in [-0.3, -0.25) is 4.79 Å². The second-order valence-corrected chi connectivity index (χ2v) is 5.31. The van der Waals surface area contributed by atoms with Crippen LogP contribution in [0.3, 0.4) is 0 Å². The van der Waals surface area contributed by atoms with Gasteiger partial charge in [0.15, 0.2) is 0 Å². The van der Waals surface area contributed by atoms with E-state index in [1.165, 1.54) is 0 Å². The smallest absolute Gasteiger partial charge is 0.248 e. The molecule has 1 amide bonds. The van der Waals surface area contributed by atoms with Crippen molar-refractivity contribution in [3.63, 3.8) is 0 Å². The fraction of sp³-hybridized carbons (Fsp3) is 0.462. The standard InChI is InChI=1S/C13H20N2O/c1-9-5-6-10(12(14)16)7-11(9)15-8-13(2,3)4/h5-7,15H,8H2,1-4H3,(H2,14,16). The number of carbonyl (C=O) groups is 1. The first kappa shape index (κ1) is 12.6. The van der Waals surface area contributed by atoms with Crippen molar-refractivity contribution < 1.29 is 4.79 Å². The molecule has 0 heterocycles. The average molecular weight is 220 g/mol. The number of rotatable bonds is 3. The summed E-state index contributed by atoms with van der Waals surface area (Å²) < 4.78 is 0. The van der Waals surface area contributed by atoms with E-state index in [9.17, 15) is 4.79 Å². The Morgan fingerprint density at radius 2 is 2.00 bits per heavy atom. The number of benzene rings is 1. The van der Waals surface area contributed by atoms with Crippen LogP contribution >= 0.6 is 0 Å². The van der Waals surface area contributed by atoms with Crippen molar-refractivity contribution in [1.29, 1.82) is 0 Å². The highest BCUT2D eigenvalue weighted by Gasteiger charge is 2.11. The van der Waals surface area contributed by atoms with Gasteiger partial charge in [-0.2, -0.15) is 0 Å². The lowest BCUT2D eigenvalue weighted by Gasteiger charge is -2.20. The van der Waals surface area contributed by atoms with E-state index in [1.807, 2.05) is 19.1 Å². The Labute approximate surface area is 97.0 Å². The van der Waals surface area contributed by atoms with Crippen LogP contribution in [0.2, 0.25) is 0 Å². The van der Waals surface area contributed by atoms with Crippen molar-refractivity contribution in [2.75, 3.05) is 11.9 Å². The Morgan fingerprint density at radius 3 is 2.50 bits per heavy atom. The molecule has 0 aliphatic heterocycles. The van der Waals surface area contributed by atoms with Gasteiger partial charge in [-0.15, -0.1) is 0 Å². The largest absolute Gasteiger partial charge is 0.384 e. The minimum Gasteiger partial charge on any atom is -0.384 e. The maximum Gasteiger partial charge on any atom is 0.248 e. The molecule has 1 rings (SSSR count). The predicted molar refractivity (Wildman–Crippen MR) is 67.6 cm³/mol. The summed E-state index contributed by atoms with van der Waals surface area (Å²) >= 11 is 0. The third-order valence-electron chi connectivity index (χ3n) is 2.33. The average Bonchev–Trinajstić information content (AvgIpc) is 2.14. The van der Waals surface area contributed by atoms with Gasteiger partial charge in [0.1, 0.15) is 0 Å². The minimum atomic E-state index is -0.390. The molecule has 0 radical (unpaired) electrons. The van der Waals surface area contributed by atoms with Crippen molar-refractivity contribution in [3.05, 3.63) is 29.3 Å². The molecule has 0 spiro atoms. The zero-order valence-corrected chi connectivity index (χ0v) is 10.4. The number of anilines is 1. The van der Waals surface area contributed by atoms with Crippen LogP contribution in [0.15, 0.2) is 18.2 Å². The lowest BCUT2D eigenvalue weighted by Crippen LogP contribution is -2.20. The van der Waals surface area contributed by atoms with Gasteiger partial charge in [-0.1, -0.05) is 26.8 Å². The van der Waals surface area contributed by atoms with Crippen molar-refractivity contribution in [1.82, 2.24) is 0 Å². The quantitative estimate of drug-likeness (QED) is 0.822. The summed E-state index contributed by atoms with van der Waals surface area (Å²) in [5, 5.41) is 3.34. The second kappa shape index (κ2) is 4.56. The van der Waals surface area contributed by atoms with Gasteiger partial charge in [-0.25, -0.2) is 0 Å². The van der Waals surface area contributed by atoms with Crippen molar-refractivity contribution in [2.45, 2.75) is 27.7 Å². The monoisotopic (exact) mass is 220 g/mol. The summed E-state index contributed by atoms with van der Waals surface area (Å²) in [6.45, 7) is 9.35. The van der Waals surface area contributed by atoms with Crippen LogP contribution in [0.1, 0.15) is 36.7 Å². The fourth-order valence-electron chi connectivity index (χ4n) is 1.33. The van der Waals surface area contributed by atoms with Gasteiger partial charge in [0.05, 0.1) is 0 Å². The zero-order chi connectivity index (χ0) is 12.3. The summed E-state index contributed by atoms with van der Waals surface area (Å²) in [4.78, 5) is 11.1. The Morgan fingerprint density at radius 1 is 1.38 bits per heavy atom. The highest BCUT2D eigenvalue weighted by atomic mass is 16.1. The number of aryl methyl sites for hydroxylation is 1. The van der Waals surface area contributed by atoms with Gasteiger partial charge in [0, 0.05) is 17.8 Å². The second-order valence-electron chi connectivity index (χ2n) is 5.31. The SMILES string of the molecule is Cc1ccc(C(N)=O)cc1NCC(C)(C)C. The first-order valence-corrected chi connectivity index (χ1v) is 5.44. The van der Waals surface area contributed by atoms with Crippen LogP contribution in [0.4, 0.5) is 5.69 Å². The van der Waals surface area contributed by atoms with E-state index in [4.69, 9.17) is 5.73 Å². The summed E-state index contributed by atoms with van der Waals surface area (Å²) in [7, 11) is 0. The number of hydrogen-bond acceptors (Lipinski definition) is 2. The first-order valence-electron chi connectivity index (χ1n) is 5.44. The van der Waals surface area contributed by atoms with Gasteiger partial charge in [-0.05, 0) is 30.0 Å². The Hall–Kier alpha value is -1.51. The summed E-state index contributed by atoms with van der Waals surface area (Å²) in [5.74, 6) is -0.390. The normalized spacial score (nSPS) is 11.2. The number of carbonyl (C=O) groups excluding carboxylic acids is 1. The van der Waals surface area contributed by atoms with Gasteiger partial charge in [0.2, 0.25) is 5.91 Å². The molecular weight excluding hydrogens is 200 g/mol. The molecule has 3 N–H and O–H groups in total. The molecule has 3 nitrogen and oxygen atoms in total. The van der Waals surface area contributed by atoms with E-state index in [1.54, 1.807) is 6.07 Å². The number of hydrogen-bond donors (Lipinski definition) is 2. The molecule has 88 valence electrons. The molecule has 0 aliphatic carbocycles. The molecule has 0 aliphatic rings. The van der Waals surface area contributed by atoms with E-state index >= 15 is 0 Å². The lowest BCUT2D eigenvalue weighted by molar-refractivity contribution is 0.100. The summed E-state index contributed by atoms with van der Waals surface area (Å²) in [6, 6.07) is 5.47. The molecule has 0 atom stereocenters. The number of nitrogens with two attached hydrogens (primary N) is 1. The van der Waals surface area contributed by atoms with Crippen LogP contribution in [-0.2, 0) is 0 Å². The Kier molecular flexibility index (Phi) is 3.58. The summed E-state index contributed by atoms with van der Waals surface area (Å²) in [5.41, 5.74) is 8.09. The van der Waals surface area contributed by atoms with E-state index in [0.717, 1.165) is 17.8 Å². The van der Waals surface area contributed by atoms with Crippen LogP contribution in [0, 0.1) is 12.3 Å². The van der Waals surface area contributed by atoms with Crippen molar-refractivity contribution >= 4 is 11.6 Å². The van der Waals surface area contributed by atoms with Crippen molar-refractivity contribution in [3.8, 4) is 0 Å². The highest BCUT2D eigenvalue weighted by Crippen LogP contribution is 2.20. The third-order valence-corrected chi connectivity index (χ3v) is 2.33. The molecule has 3 heteroatoms. The molecule has 0 unspecified atom stereocenters. The molecular formula is C13H20N2O. The summed E-state index contributed by atoms with van der Waals surface area (Å²) in [6.07, 6.45) is 0. The number of nitrogens with one attached hydrogen (secondary N) is 1. The number of amides is 1. The van der Waals surface area contributed by atoms with Gasteiger partial charge >= 0.3 is 0 Å². The van der Waals surface area contributed by atoms with E-state index in [-0.39, 0.29) is 11.3 Å². The van der Waals surface area contributed by atoms with Gasteiger partial charge in [0.25, 0.3) is 0 Å². The lowest BCUT2D eigenvalue weighted by atomic mass is 9.96. The maximum atomic E-state index is 11.1. The molecule has 0 bridgehead atoms. The molecule has 0 saturated carbocycles. The van der Waals surface area contributed by atoms with E-state index < -0.39 is 0 Å². The van der Waals surface area contributed by atoms with E-state index in [0.29, 0.717) is 5.56 Å². The molecule has 0 fully saturated rings. The molecule has 0 saturated heterocycles. The topological polar surface area (TPSA) is 55.1 Å².